The Morgan fingerprint density at radius 1 is 1.56 bits per heavy atom. The van der Waals surface area contributed by atoms with Crippen molar-refractivity contribution in [1.82, 2.24) is 4.98 Å². The Hall–Kier alpha value is -1.12. The van der Waals surface area contributed by atoms with Gasteiger partial charge in [0.05, 0.1) is 6.61 Å². The second-order valence-electron chi connectivity index (χ2n) is 4.26. The van der Waals surface area contributed by atoms with Crippen LogP contribution < -0.4 is 0 Å². The summed E-state index contributed by atoms with van der Waals surface area (Å²) in [6, 6.07) is 0. The van der Waals surface area contributed by atoms with Gasteiger partial charge in [-0.3, -0.25) is 0 Å². The number of rotatable bonds is 2. The van der Waals surface area contributed by atoms with E-state index in [1.54, 1.807) is 12.3 Å². The van der Waals surface area contributed by atoms with Crippen molar-refractivity contribution in [2.24, 2.45) is 0 Å². The molecule has 0 radical (unpaired) electrons. The van der Waals surface area contributed by atoms with Gasteiger partial charge in [0, 0.05) is 5.38 Å². The molecule has 5 heteroatoms. The fourth-order valence-electron chi connectivity index (χ4n) is 0.871. The van der Waals surface area contributed by atoms with E-state index in [1.807, 2.05) is 0 Å². The standard InChI is InChI=1S/C11H15NO2SSi/c1-5-14-11(13)9-8-15-10(12-9)6-7-16(2,3)4/h8H,5H2,1-4H3. The Morgan fingerprint density at radius 2 is 2.25 bits per heavy atom. The summed E-state index contributed by atoms with van der Waals surface area (Å²) < 4.78 is 4.85. The van der Waals surface area contributed by atoms with E-state index < -0.39 is 8.07 Å². The first kappa shape index (κ1) is 12.9. The minimum atomic E-state index is -1.38. The quantitative estimate of drug-likeness (QED) is 0.462. The van der Waals surface area contributed by atoms with Crippen LogP contribution in [0.3, 0.4) is 0 Å². The molecule has 0 fully saturated rings. The molecule has 0 saturated carbocycles. The summed E-state index contributed by atoms with van der Waals surface area (Å²) in [5, 5.41) is 2.37. The molecule has 0 saturated heterocycles. The van der Waals surface area contributed by atoms with Crippen molar-refractivity contribution in [2.75, 3.05) is 6.61 Å². The van der Waals surface area contributed by atoms with Crippen LogP contribution in [0.25, 0.3) is 0 Å². The largest absolute Gasteiger partial charge is 0.461 e. The van der Waals surface area contributed by atoms with Gasteiger partial charge in [-0.05, 0) is 12.8 Å². The van der Waals surface area contributed by atoms with Crippen LogP contribution >= 0.6 is 11.3 Å². The smallest absolute Gasteiger partial charge is 0.357 e. The molecular formula is C11H15NO2SSi. The van der Waals surface area contributed by atoms with E-state index in [-0.39, 0.29) is 5.97 Å². The lowest BCUT2D eigenvalue weighted by molar-refractivity contribution is 0.0520. The minimum absolute atomic E-state index is 0.353. The van der Waals surface area contributed by atoms with Crippen molar-refractivity contribution in [3.63, 3.8) is 0 Å². The topological polar surface area (TPSA) is 39.2 Å². The number of aromatic nitrogens is 1. The van der Waals surface area contributed by atoms with E-state index in [0.29, 0.717) is 17.3 Å². The van der Waals surface area contributed by atoms with Gasteiger partial charge in [-0.15, -0.1) is 16.9 Å². The lowest BCUT2D eigenvalue weighted by Crippen LogP contribution is -2.16. The fourth-order valence-corrected chi connectivity index (χ4v) is 2.09. The van der Waals surface area contributed by atoms with Crippen molar-refractivity contribution in [2.45, 2.75) is 26.6 Å². The maximum atomic E-state index is 11.3. The zero-order chi connectivity index (χ0) is 12.2. The molecule has 1 aromatic heterocycles. The molecule has 0 unspecified atom stereocenters. The lowest BCUT2D eigenvalue weighted by Gasteiger charge is -2.02. The maximum Gasteiger partial charge on any atom is 0.357 e. The van der Waals surface area contributed by atoms with Crippen molar-refractivity contribution in [3.8, 4) is 11.5 Å². The normalized spacial score (nSPS) is 10.5. The molecule has 1 rings (SSSR count). The summed E-state index contributed by atoms with van der Waals surface area (Å²) in [6.45, 7) is 8.64. The first-order valence-corrected chi connectivity index (χ1v) is 9.46. The van der Waals surface area contributed by atoms with Gasteiger partial charge in [-0.25, -0.2) is 9.78 Å². The van der Waals surface area contributed by atoms with Gasteiger partial charge < -0.3 is 4.74 Å². The number of hydrogen-bond donors (Lipinski definition) is 0. The summed E-state index contributed by atoms with van der Waals surface area (Å²) >= 11 is 1.38. The predicted octanol–water partition coefficient (Wildman–Crippen LogP) is 2.55. The Labute approximate surface area is 101 Å². The highest BCUT2D eigenvalue weighted by Crippen LogP contribution is 2.10. The molecule has 3 nitrogen and oxygen atoms in total. The van der Waals surface area contributed by atoms with Crippen LogP contribution in [0, 0.1) is 11.5 Å². The highest BCUT2D eigenvalue weighted by Gasteiger charge is 2.11. The van der Waals surface area contributed by atoms with E-state index in [1.165, 1.54) is 11.3 Å². The molecular weight excluding hydrogens is 238 g/mol. The molecule has 0 atom stereocenters. The molecule has 86 valence electrons. The third-order valence-electron chi connectivity index (χ3n) is 1.53. The number of carbonyl (C=O) groups is 1. The second kappa shape index (κ2) is 5.28. The first-order chi connectivity index (χ1) is 7.42. The Bertz CT molecular complexity index is 437. The highest BCUT2D eigenvalue weighted by atomic mass is 32.1. The molecule has 1 heterocycles. The van der Waals surface area contributed by atoms with Gasteiger partial charge in [0.15, 0.2) is 10.7 Å². The van der Waals surface area contributed by atoms with E-state index >= 15 is 0 Å². The summed E-state index contributed by atoms with van der Waals surface area (Å²) in [6.07, 6.45) is 0. The molecule has 0 bridgehead atoms. The van der Waals surface area contributed by atoms with Gasteiger partial charge in [0.1, 0.15) is 8.07 Å². The third kappa shape index (κ3) is 4.17. The molecule has 16 heavy (non-hydrogen) atoms. The zero-order valence-corrected chi connectivity index (χ0v) is 11.8. The summed E-state index contributed by atoms with van der Waals surface area (Å²) in [5.74, 6) is 2.64. The minimum Gasteiger partial charge on any atom is -0.461 e. The molecule has 0 amide bonds. The molecule has 0 N–H and O–H groups in total. The molecule has 0 aliphatic carbocycles. The van der Waals surface area contributed by atoms with E-state index in [9.17, 15) is 4.79 Å². The maximum absolute atomic E-state index is 11.3. The van der Waals surface area contributed by atoms with Crippen LogP contribution in [0.5, 0.6) is 0 Å². The van der Waals surface area contributed by atoms with Crippen LogP contribution in [0.4, 0.5) is 0 Å². The first-order valence-electron chi connectivity index (χ1n) is 5.08. The van der Waals surface area contributed by atoms with E-state index in [4.69, 9.17) is 4.74 Å². The summed E-state index contributed by atoms with van der Waals surface area (Å²) in [5.41, 5.74) is 3.56. The average Bonchev–Trinajstić information content (AvgIpc) is 2.62. The number of carbonyl (C=O) groups excluding carboxylic acids is 1. The zero-order valence-electron chi connectivity index (χ0n) is 9.96. The average molecular weight is 253 g/mol. The van der Waals surface area contributed by atoms with Crippen molar-refractivity contribution < 1.29 is 9.53 Å². The van der Waals surface area contributed by atoms with Crippen LogP contribution in [0.2, 0.25) is 19.6 Å². The summed E-state index contributed by atoms with van der Waals surface area (Å²) in [7, 11) is -1.38. The fraction of sp³-hybridized carbons (Fsp3) is 0.455. The monoisotopic (exact) mass is 253 g/mol. The number of nitrogens with zero attached hydrogens (tertiary/aromatic N) is 1. The van der Waals surface area contributed by atoms with Crippen LogP contribution in [0.1, 0.15) is 22.4 Å². The molecule has 0 aromatic carbocycles. The third-order valence-corrected chi connectivity index (χ3v) is 3.17. The number of ether oxygens (including phenoxy) is 1. The van der Waals surface area contributed by atoms with Gasteiger partial charge >= 0.3 is 5.97 Å². The van der Waals surface area contributed by atoms with Crippen molar-refractivity contribution in [1.29, 1.82) is 0 Å². The Balaban J connectivity index is 2.79. The van der Waals surface area contributed by atoms with E-state index in [2.05, 4.69) is 36.1 Å². The SMILES string of the molecule is CCOC(=O)c1csc(C#C[Si](C)(C)C)n1. The number of hydrogen-bond acceptors (Lipinski definition) is 4. The molecule has 0 aliphatic rings. The second-order valence-corrected chi connectivity index (χ2v) is 9.87. The van der Waals surface area contributed by atoms with Crippen molar-refractivity contribution in [3.05, 3.63) is 16.1 Å². The molecule has 0 aliphatic heterocycles. The van der Waals surface area contributed by atoms with Crippen LogP contribution in [-0.4, -0.2) is 25.6 Å². The van der Waals surface area contributed by atoms with Gasteiger partial charge in [0.25, 0.3) is 0 Å². The summed E-state index contributed by atoms with van der Waals surface area (Å²) in [4.78, 5) is 15.5. The van der Waals surface area contributed by atoms with Crippen LogP contribution in [0.15, 0.2) is 5.38 Å². The van der Waals surface area contributed by atoms with Gasteiger partial charge in [-0.2, -0.15) is 0 Å². The molecule has 1 aromatic rings. The Kier molecular flexibility index (Phi) is 4.27. The predicted molar refractivity (Wildman–Crippen MR) is 68.3 cm³/mol. The Morgan fingerprint density at radius 3 is 2.81 bits per heavy atom. The van der Waals surface area contributed by atoms with Crippen LogP contribution in [-0.2, 0) is 4.74 Å². The van der Waals surface area contributed by atoms with E-state index in [0.717, 1.165) is 0 Å². The highest BCUT2D eigenvalue weighted by molar-refractivity contribution is 7.10. The van der Waals surface area contributed by atoms with Gasteiger partial charge in [0.2, 0.25) is 0 Å². The number of esters is 1. The molecule has 0 spiro atoms. The van der Waals surface area contributed by atoms with Crippen molar-refractivity contribution >= 4 is 25.4 Å². The lowest BCUT2D eigenvalue weighted by atomic mass is 10.5. The van der Waals surface area contributed by atoms with Gasteiger partial charge in [-0.1, -0.05) is 19.6 Å². The number of thiazole rings is 1.